The quantitative estimate of drug-likeness (QED) is 0.220. The average Bonchev–Trinajstić information content (AvgIpc) is 3.21. The van der Waals surface area contributed by atoms with Crippen LogP contribution in [0, 0.1) is 5.21 Å². The van der Waals surface area contributed by atoms with Crippen molar-refractivity contribution in [3.8, 4) is 0 Å². The van der Waals surface area contributed by atoms with Crippen LogP contribution in [0.1, 0.15) is 77.5 Å². The van der Waals surface area contributed by atoms with Gasteiger partial charge in [-0.25, -0.2) is 14.3 Å². The number of carbonyl (C=O) groups excluding carboxylic acids is 4. The summed E-state index contributed by atoms with van der Waals surface area (Å²) in [4.78, 5) is 59.1. The summed E-state index contributed by atoms with van der Waals surface area (Å²) in [6.07, 6.45) is 1.38. The van der Waals surface area contributed by atoms with Gasteiger partial charge in [-0.15, -0.1) is 5.01 Å². The average molecular weight is 706 g/mol. The van der Waals surface area contributed by atoms with E-state index in [0.29, 0.717) is 29.8 Å². The van der Waals surface area contributed by atoms with Crippen molar-refractivity contribution >= 4 is 46.2 Å². The molecular weight excluding hydrogens is 658 g/mol. The minimum absolute atomic E-state index is 0.122. The maximum atomic E-state index is 15.3. The molecule has 2 heterocycles. The monoisotopic (exact) mass is 705 g/mol. The summed E-state index contributed by atoms with van der Waals surface area (Å²) in [5.41, 5.74) is 6.52. The number of halogens is 1. The fraction of sp³-hybridized carbons (Fsp3) is 0.474. The molecule has 0 radical (unpaired) electrons. The SMILES string of the molecule is CC[N+]([O-])(C(=O)C1CCCCN1C(=O)OC(C)(C)C)N1[C@H](C)CCN([C@H](Cc2cccc3ccccc23)C(N)=O)C(=O)[C@@H]1c1cccc(Cl)c1. The lowest BCUT2D eigenvalue weighted by Crippen LogP contribution is -2.69. The van der Waals surface area contributed by atoms with Crippen molar-refractivity contribution in [3.63, 3.8) is 0 Å². The summed E-state index contributed by atoms with van der Waals surface area (Å²) in [7, 11) is 0. The van der Waals surface area contributed by atoms with Gasteiger partial charge in [0.05, 0.1) is 6.04 Å². The molecule has 2 unspecified atom stereocenters. The van der Waals surface area contributed by atoms with Gasteiger partial charge in [0.25, 0.3) is 5.91 Å². The predicted octanol–water partition coefficient (Wildman–Crippen LogP) is 6.12. The van der Waals surface area contributed by atoms with Gasteiger partial charge in [0.15, 0.2) is 12.1 Å². The molecule has 50 heavy (non-hydrogen) atoms. The number of primary amides is 1. The number of likely N-dealkylation sites (tertiary alicyclic amines) is 1. The van der Waals surface area contributed by atoms with Gasteiger partial charge < -0.3 is 20.6 Å². The number of ether oxygens (including phenoxy) is 1. The van der Waals surface area contributed by atoms with Crippen molar-refractivity contribution in [3.05, 3.63) is 88.1 Å². The Morgan fingerprint density at radius 3 is 2.40 bits per heavy atom. The first-order valence-electron chi connectivity index (χ1n) is 17.4. The highest BCUT2D eigenvalue weighted by Gasteiger charge is 2.53. The Morgan fingerprint density at radius 2 is 1.72 bits per heavy atom. The van der Waals surface area contributed by atoms with E-state index in [4.69, 9.17) is 22.1 Å². The van der Waals surface area contributed by atoms with Crippen molar-refractivity contribution < 1.29 is 28.7 Å². The summed E-state index contributed by atoms with van der Waals surface area (Å²) in [6, 6.07) is 16.3. The number of hydrogen-bond donors (Lipinski definition) is 1. The Balaban J connectivity index is 1.58. The van der Waals surface area contributed by atoms with Crippen molar-refractivity contribution in [1.82, 2.24) is 14.8 Å². The number of quaternary nitrogens is 1. The van der Waals surface area contributed by atoms with Gasteiger partial charge >= 0.3 is 12.0 Å². The third kappa shape index (κ3) is 7.66. The van der Waals surface area contributed by atoms with Crippen molar-refractivity contribution in [2.45, 2.75) is 96.5 Å². The number of nitrogens with two attached hydrogens (primary N) is 1. The van der Waals surface area contributed by atoms with Crippen LogP contribution in [0.15, 0.2) is 66.7 Å². The van der Waals surface area contributed by atoms with Crippen LogP contribution in [-0.4, -0.2) is 86.7 Å². The summed E-state index contributed by atoms with van der Waals surface area (Å²) < 4.78 is 4.15. The van der Waals surface area contributed by atoms with E-state index in [1.807, 2.05) is 42.5 Å². The van der Waals surface area contributed by atoms with Gasteiger partial charge in [-0.2, -0.15) is 0 Å². The first-order chi connectivity index (χ1) is 23.7. The van der Waals surface area contributed by atoms with Crippen molar-refractivity contribution in [2.24, 2.45) is 5.73 Å². The summed E-state index contributed by atoms with van der Waals surface area (Å²) >= 11 is 6.46. The number of benzene rings is 3. The molecule has 2 N–H and O–H groups in total. The Labute approximate surface area is 299 Å². The van der Waals surface area contributed by atoms with Crippen LogP contribution in [0.4, 0.5) is 4.79 Å². The Morgan fingerprint density at radius 1 is 1.02 bits per heavy atom. The van der Waals surface area contributed by atoms with Gasteiger partial charge in [0.1, 0.15) is 18.2 Å². The first kappa shape index (κ1) is 37.2. The van der Waals surface area contributed by atoms with E-state index in [0.717, 1.165) is 16.3 Å². The van der Waals surface area contributed by atoms with Crippen LogP contribution in [0.3, 0.4) is 0 Å². The molecule has 2 fully saturated rings. The van der Waals surface area contributed by atoms with Crippen molar-refractivity contribution in [2.75, 3.05) is 19.6 Å². The van der Waals surface area contributed by atoms with E-state index in [-0.39, 0.29) is 32.5 Å². The molecule has 268 valence electrons. The molecule has 5 atom stereocenters. The number of amides is 4. The van der Waals surface area contributed by atoms with Gasteiger partial charge in [-0.3, -0.25) is 14.5 Å². The summed E-state index contributed by atoms with van der Waals surface area (Å²) in [5.74, 6) is -1.96. The molecule has 0 aliphatic carbocycles. The third-order valence-corrected chi connectivity index (χ3v) is 9.98. The molecule has 3 aromatic rings. The van der Waals surface area contributed by atoms with E-state index in [1.165, 1.54) is 14.8 Å². The molecule has 11 nitrogen and oxygen atoms in total. The zero-order valence-electron chi connectivity index (χ0n) is 29.5. The molecule has 2 saturated heterocycles. The Bertz CT molecular complexity index is 1740. The third-order valence-electron chi connectivity index (χ3n) is 9.75. The minimum atomic E-state index is -1.49. The molecule has 3 aromatic carbocycles. The largest absolute Gasteiger partial charge is 0.604 e. The van der Waals surface area contributed by atoms with Crippen molar-refractivity contribution in [1.29, 1.82) is 0 Å². The van der Waals surface area contributed by atoms with Gasteiger partial charge in [-0.1, -0.05) is 66.2 Å². The number of hydrogen-bond acceptors (Lipinski definition) is 7. The van der Waals surface area contributed by atoms with Crippen LogP contribution in [-0.2, 0) is 25.5 Å². The molecule has 2 aliphatic heterocycles. The van der Waals surface area contributed by atoms with E-state index >= 15 is 5.21 Å². The number of nitrogens with zero attached hydrogens (tertiary/aromatic N) is 4. The lowest BCUT2D eigenvalue weighted by molar-refractivity contribution is -0.934. The highest BCUT2D eigenvalue weighted by molar-refractivity contribution is 6.30. The number of fused-ring (bicyclic) bond motifs is 1. The van der Waals surface area contributed by atoms with E-state index in [9.17, 15) is 19.2 Å². The van der Waals surface area contributed by atoms with Crippen LogP contribution < -0.4 is 5.73 Å². The normalized spacial score (nSPS) is 22.5. The lowest BCUT2D eigenvalue weighted by atomic mass is 9.96. The fourth-order valence-electron chi connectivity index (χ4n) is 7.32. The second kappa shape index (κ2) is 15.1. The van der Waals surface area contributed by atoms with Gasteiger partial charge in [-0.05, 0) is 94.3 Å². The number of likely N-dealkylation sites (N-methyl/N-ethyl adjacent to an activating group) is 1. The Hall–Kier alpha value is -4.03. The number of hydroxylamine groups is 2. The molecule has 12 heteroatoms. The minimum Gasteiger partial charge on any atom is -0.604 e. The van der Waals surface area contributed by atoms with Crippen LogP contribution in [0.5, 0.6) is 0 Å². The second-order valence-electron chi connectivity index (χ2n) is 14.3. The van der Waals surface area contributed by atoms with Gasteiger partial charge in [0, 0.05) is 24.5 Å². The molecule has 2 aliphatic rings. The highest BCUT2D eigenvalue weighted by Crippen LogP contribution is 2.38. The molecule has 0 aromatic heterocycles. The molecule has 5 rings (SSSR count). The molecule has 0 bridgehead atoms. The molecular formula is C38H48ClN5O6. The van der Waals surface area contributed by atoms with E-state index < -0.39 is 58.3 Å². The van der Waals surface area contributed by atoms with Crippen LogP contribution in [0.2, 0.25) is 5.02 Å². The predicted molar refractivity (Wildman–Crippen MR) is 192 cm³/mol. The Kier molecular flexibility index (Phi) is 11.2. The number of rotatable bonds is 8. The van der Waals surface area contributed by atoms with E-state index in [2.05, 4.69) is 0 Å². The smallest absolute Gasteiger partial charge is 0.411 e. The maximum absolute atomic E-state index is 15.3. The van der Waals surface area contributed by atoms with Gasteiger partial charge in [0.2, 0.25) is 5.91 Å². The lowest BCUT2D eigenvalue weighted by Gasteiger charge is -2.52. The maximum Gasteiger partial charge on any atom is 0.411 e. The molecule has 0 saturated carbocycles. The topological polar surface area (TPSA) is 136 Å². The zero-order chi connectivity index (χ0) is 36.4. The zero-order valence-corrected chi connectivity index (χ0v) is 30.3. The van der Waals surface area contributed by atoms with Crippen LogP contribution >= 0.6 is 11.6 Å². The summed E-state index contributed by atoms with van der Waals surface area (Å²) in [6.45, 7) is 8.81. The standard InChI is InChI=1S/C38H48ClN5O6/c1-6-44(49,36(47)31-19-9-10-21-42(31)37(48)50-38(3,4)5)43-25(2)20-22-41(35(46)33(43)28-16-12-17-29(39)23-28)32(34(40)45)24-27-15-11-14-26-13-7-8-18-30(26)27/h7-8,11-18,23,25,31-33H,6,9-10,19-22,24H2,1-5H3,(H2,40,45)/t25-,31?,32-,33+,44?/m1/s1. The van der Waals surface area contributed by atoms with Crippen LogP contribution in [0.25, 0.3) is 10.8 Å². The first-order valence-corrected chi connectivity index (χ1v) is 17.8. The number of piperidine rings is 1. The fourth-order valence-corrected chi connectivity index (χ4v) is 7.51. The van der Waals surface area contributed by atoms with E-state index in [1.54, 1.807) is 58.9 Å². The molecule has 4 amide bonds. The summed E-state index contributed by atoms with van der Waals surface area (Å²) in [5, 5.41) is 19.0. The highest BCUT2D eigenvalue weighted by atomic mass is 35.5. The second-order valence-corrected chi connectivity index (χ2v) is 14.7. The number of carbonyl (C=O) groups is 4. The molecule has 0 spiro atoms.